The third-order valence-corrected chi connectivity index (χ3v) is 3.18. The average Bonchev–Trinajstić information content (AvgIpc) is 2.55. The Labute approximate surface area is 138 Å². The highest BCUT2D eigenvalue weighted by Gasteiger charge is 2.15. The molecule has 0 amide bonds. The number of rotatable bonds is 6. The van der Waals surface area contributed by atoms with E-state index < -0.39 is 18.0 Å². The predicted molar refractivity (Wildman–Crippen MR) is 83.8 cm³/mol. The molecule has 0 unspecified atom stereocenters. The van der Waals surface area contributed by atoms with Crippen molar-refractivity contribution >= 4 is 18.0 Å². The lowest BCUT2D eigenvalue weighted by Crippen LogP contribution is -2.40. The van der Waals surface area contributed by atoms with Gasteiger partial charge in [-0.2, -0.15) is 0 Å². The van der Waals surface area contributed by atoms with Crippen LogP contribution in [0.4, 0.5) is 0 Å². The van der Waals surface area contributed by atoms with Crippen LogP contribution in [0.3, 0.4) is 0 Å². The first-order valence-corrected chi connectivity index (χ1v) is 7.10. The maximum absolute atomic E-state index is 11.8. The highest BCUT2D eigenvalue weighted by molar-refractivity contribution is 5.89. The Hall–Kier alpha value is -3.28. The molecule has 0 aliphatic carbocycles. The summed E-state index contributed by atoms with van der Waals surface area (Å²) in [6.07, 6.45) is 1.03. The minimum absolute atomic E-state index is 0.0533. The fourth-order valence-corrected chi connectivity index (χ4v) is 1.95. The van der Waals surface area contributed by atoms with Crippen molar-refractivity contribution in [1.29, 1.82) is 0 Å². The van der Waals surface area contributed by atoms with Crippen molar-refractivity contribution < 1.29 is 29.6 Å². The number of ether oxygens (including phenoxy) is 1. The number of esters is 1. The molecule has 0 heterocycles. The average molecular weight is 327 g/mol. The number of aliphatic carboxylic acids is 1. The topological polar surface area (TPSA) is 107 Å². The lowest BCUT2D eigenvalue weighted by molar-refractivity contribution is -0.315. The molecule has 6 nitrogen and oxygen atoms in total. The zero-order chi connectivity index (χ0) is 17.5. The van der Waals surface area contributed by atoms with E-state index in [0.29, 0.717) is 11.1 Å². The van der Waals surface area contributed by atoms with E-state index in [4.69, 9.17) is 9.84 Å². The highest BCUT2D eigenvalue weighted by atomic mass is 16.6. The van der Waals surface area contributed by atoms with Crippen LogP contribution in [0.25, 0.3) is 6.08 Å². The van der Waals surface area contributed by atoms with Gasteiger partial charge < -0.3 is 24.9 Å². The number of carboxylic acids is 1. The SMILES string of the molecule is O=C(/C=C/c1ccc(O)cc1)O[C@H](Cc1ccc(O)cc1)C(=O)[O-]. The minimum Gasteiger partial charge on any atom is -0.546 e. The van der Waals surface area contributed by atoms with Crippen LogP contribution >= 0.6 is 0 Å². The normalized spacial score (nSPS) is 12.0. The van der Waals surface area contributed by atoms with Gasteiger partial charge in [0.25, 0.3) is 0 Å². The molecule has 2 rings (SSSR count). The van der Waals surface area contributed by atoms with Crippen molar-refractivity contribution in [3.63, 3.8) is 0 Å². The lowest BCUT2D eigenvalue weighted by atomic mass is 10.1. The largest absolute Gasteiger partial charge is 0.546 e. The third kappa shape index (κ3) is 5.17. The smallest absolute Gasteiger partial charge is 0.331 e. The van der Waals surface area contributed by atoms with E-state index in [1.165, 1.54) is 42.5 Å². The zero-order valence-electron chi connectivity index (χ0n) is 12.6. The Bertz CT molecular complexity index is 731. The second kappa shape index (κ2) is 7.82. The van der Waals surface area contributed by atoms with Crippen LogP contribution in [-0.2, 0) is 20.7 Å². The maximum atomic E-state index is 11.8. The Morgan fingerprint density at radius 1 is 1.00 bits per heavy atom. The Morgan fingerprint density at radius 2 is 1.54 bits per heavy atom. The molecule has 0 fully saturated rings. The Balaban J connectivity index is 1.99. The number of phenolic OH excluding ortho intramolecular Hbond substituents is 2. The summed E-state index contributed by atoms with van der Waals surface area (Å²) in [5.41, 5.74) is 1.23. The van der Waals surface area contributed by atoms with Crippen molar-refractivity contribution in [3.8, 4) is 11.5 Å². The molecule has 0 radical (unpaired) electrons. The summed E-state index contributed by atoms with van der Waals surface area (Å²) in [6.45, 7) is 0. The van der Waals surface area contributed by atoms with E-state index >= 15 is 0 Å². The predicted octanol–water partition coefficient (Wildman–Crippen LogP) is 1.02. The molecule has 0 spiro atoms. The molecule has 0 saturated carbocycles. The van der Waals surface area contributed by atoms with Gasteiger partial charge in [-0.25, -0.2) is 4.79 Å². The first kappa shape index (κ1) is 17.1. The van der Waals surface area contributed by atoms with Gasteiger partial charge >= 0.3 is 5.97 Å². The molecule has 0 aromatic heterocycles. The van der Waals surface area contributed by atoms with Crippen molar-refractivity contribution in [2.24, 2.45) is 0 Å². The summed E-state index contributed by atoms with van der Waals surface area (Å²) in [5.74, 6) is -2.18. The molecule has 2 aromatic carbocycles. The molecule has 1 atom stereocenters. The first-order valence-electron chi connectivity index (χ1n) is 7.10. The van der Waals surface area contributed by atoms with E-state index in [9.17, 15) is 19.8 Å². The monoisotopic (exact) mass is 327 g/mol. The number of hydrogen-bond donors (Lipinski definition) is 2. The fraction of sp³-hybridized carbons (Fsp3) is 0.111. The number of carbonyl (C=O) groups excluding carboxylic acids is 2. The van der Waals surface area contributed by atoms with Gasteiger partial charge in [-0.1, -0.05) is 24.3 Å². The molecular formula is C18H15O6-. The highest BCUT2D eigenvalue weighted by Crippen LogP contribution is 2.13. The van der Waals surface area contributed by atoms with Crippen LogP contribution in [0.2, 0.25) is 0 Å². The van der Waals surface area contributed by atoms with Gasteiger partial charge in [-0.05, 0) is 41.5 Å². The molecule has 124 valence electrons. The van der Waals surface area contributed by atoms with Gasteiger partial charge in [0.1, 0.15) is 17.6 Å². The second-order valence-corrected chi connectivity index (χ2v) is 5.04. The van der Waals surface area contributed by atoms with Crippen molar-refractivity contribution in [1.82, 2.24) is 0 Å². The van der Waals surface area contributed by atoms with Crippen LogP contribution < -0.4 is 5.11 Å². The third-order valence-electron chi connectivity index (χ3n) is 3.18. The molecule has 2 aromatic rings. The van der Waals surface area contributed by atoms with Crippen LogP contribution in [0.1, 0.15) is 11.1 Å². The van der Waals surface area contributed by atoms with E-state index in [0.717, 1.165) is 6.08 Å². The number of benzene rings is 2. The zero-order valence-corrected chi connectivity index (χ0v) is 12.6. The summed E-state index contributed by atoms with van der Waals surface area (Å²) in [4.78, 5) is 22.9. The van der Waals surface area contributed by atoms with E-state index in [1.807, 2.05) is 0 Å². The Morgan fingerprint density at radius 3 is 2.08 bits per heavy atom. The van der Waals surface area contributed by atoms with Gasteiger partial charge in [0, 0.05) is 12.5 Å². The van der Waals surface area contributed by atoms with Gasteiger partial charge in [0.05, 0.1) is 5.97 Å². The molecule has 0 bridgehead atoms. The van der Waals surface area contributed by atoms with E-state index in [-0.39, 0.29) is 17.9 Å². The lowest BCUT2D eigenvalue weighted by Gasteiger charge is -2.18. The van der Waals surface area contributed by atoms with Gasteiger partial charge in [-0.3, -0.25) is 0 Å². The summed E-state index contributed by atoms with van der Waals surface area (Å²) in [7, 11) is 0. The quantitative estimate of drug-likeness (QED) is 0.606. The number of hydrogen-bond acceptors (Lipinski definition) is 6. The summed E-state index contributed by atoms with van der Waals surface area (Å²) < 4.78 is 4.89. The first-order chi connectivity index (χ1) is 11.4. The van der Waals surface area contributed by atoms with E-state index in [2.05, 4.69) is 0 Å². The van der Waals surface area contributed by atoms with Gasteiger partial charge in [0.2, 0.25) is 0 Å². The number of phenols is 2. The molecule has 24 heavy (non-hydrogen) atoms. The van der Waals surface area contributed by atoms with Crippen LogP contribution in [0.5, 0.6) is 11.5 Å². The molecular weight excluding hydrogens is 312 g/mol. The van der Waals surface area contributed by atoms with E-state index in [1.54, 1.807) is 12.1 Å². The molecule has 0 saturated heterocycles. The fourth-order valence-electron chi connectivity index (χ4n) is 1.95. The van der Waals surface area contributed by atoms with Gasteiger partial charge in [-0.15, -0.1) is 0 Å². The molecule has 0 aliphatic rings. The molecule has 6 heteroatoms. The maximum Gasteiger partial charge on any atom is 0.331 e. The summed E-state index contributed by atoms with van der Waals surface area (Å²) in [5, 5.41) is 29.5. The minimum atomic E-state index is -1.51. The van der Waals surface area contributed by atoms with Gasteiger partial charge in [0.15, 0.2) is 0 Å². The number of carboxylic acid groups (broad SMARTS) is 1. The van der Waals surface area contributed by atoms with Crippen molar-refractivity contribution in [2.75, 3.05) is 0 Å². The van der Waals surface area contributed by atoms with Crippen LogP contribution in [-0.4, -0.2) is 28.3 Å². The van der Waals surface area contributed by atoms with Crippen LogP contribution in [0.15, 0.2) is 54.6 Å². The number of aromatic hydroxyl groups is 2. The van der Waals surface area contributed by atoms with Crippen molar-refractivity contribution in [3.05, 3.63) is 65.7 Å². The summed E-state index contributed by atoms with van der Waals surface area (Å²) in [6, 6.07) is 12.0. The number of carbonyl (C=O) groups is 2. The summed E-state index contributed by atoms with van der Waals surface area (Å²) >= 11 is 0. The van der Waals surface area contributed by atoms with Crippen LogP contribution in [0, 0.1) is 0 Å². The molecule has 2 N–H and O–H groups in total. The molecule has 0 aliphatic heterocycles. The van der Waals surface area contributed by atoms with Crippen molar-refractivity contribution in [2.45, 2.75) is 12.5 Å². The standard InChI is InChI=1S/C18H16O6/c19-14-6-1-12(2-7-14)5-10-17(21)24-16(18(22)23)11-13-3-8-15(20)9-4-13/h1-10,16,19-20H,11H2,(H,22,23)/p-1/b10-5+/t16-/m1/s1. The Kier molecular flexibility index (Phi) is 5.57. The second-order valence-electron chi connectivity index (χ2n) is 5.04.